The summed E-state index contributed by atoms with van der Waals surface area (Å²) in [7, 11) is 0. The van der Waals surface area contributed by atoms with Gasteiger partial charge in [-0.3, -0.25) is 9.59 Å². The van der Waals surface area contributed by atoms with Crippen molar-refractivity contribution in [3.8, 4) is 0 Å². The minimum absolute atomic E-state index is 0.0860. The van der Waals surface area contributed by atoms with E-state index in [0.717, 1.165) is 64.2 Å². The maximum Gasteiger partial charge on any atom is 0.306 e. The lowest BCUT2D eigenvalue weighted by Crippen LogP contribution is -2.28. The predicted octanol–water partition coefficient (Wildman–Crippen LogP) is 13.8. The lowest BCUT2D eigenvalue weighted by atomic mass is 10.0. The van der Waals surface area contributed by atoms with Crippen molar-refractivity contribution in [2.24, 2.45) is 0 Å². The third-order valence-electron chi connectivity index (χ3n) is 9.39. The first-order valence-corrected chi connectivity index (χ1v) is 21.7. The summed E-state index contributed by atoms with van der Waals surface area (Å²) in [6, 6.07) is 0. The summed E-state index contributed by atoms with van der Waals surface area (Å²) in [4.78, 5) is 24.3. The third-order valence-corrected chi connectivity index (χ3v) is 9.39. The zero-order valence-electron chi connectivity index (χ0n) is 33.6. The van der Waals surface area contributed by atoms with E-state index in [1.807, 2.05) is 0 Å². The molecule has 0 rings (SSSR count). The number of carbonyl (C=O) groups is 2. The Kier molecular flexibility index (Phi) is 40.5. The Balaban J connectivity index is 3.54. The van der Waals surface area contributed by atoms with Gasteiger partial charge in [0.25, 0.3) is 0 Å². The van der Waals surface area contributed by atoms with Crippen LogP contribution in [0, 0.1) is 0 Å². The Labute approximate surface area is 316 Å². The minimum Gasteiger partial charge on any atom is -0.462 e. The molecule has 296 valence electrons. The van der Waals surface area contributed by atoms with Crippen LogP contribution in [-0.4, -0.2) is 36.4 Å². The van der Waals surface area contributed by atoms with Crippen molar-refractivity contribution < 1.29 is 24.2 Å². The van der Waals surface area contributed by atoms with Gasteiger partial charge in [-0.05, 0) is 51.4 Å². The number of rotatable bonds is 39. The van der Waals surface area contributed by atoms with E-state index in [1.54, 1.807) is 0 Å². The quantitative estimate of drug-likeness (QED) is 0.0390. The van der Waals surface area contributed by atoms with Gasteiger partial charge in [-0.1, -0.05) is 197 Å². The van der Waals surface area contributed by atoms with Gasteiger partial charge in [-0.25, -0.2) is 0 Å². The molecule has 0 unspecified atom stereocenters. The standard InChI is InChI=1S/C46H82O5/c1-3-5-7-9-11-13-15-17-19-20-21-22-23-24-25-27-29-31-33-35-37-39-41-46(49)51-44(42-47)43-50-45(48)40-38-36-34-32-30-28-26-18-16-14-12-10-8-6-4-2/h6,8,12,14,18,26,30,32,44,47H,3-5,7,9-11,13,15-17,19-25,27-29,31,33-43H2,1-2H3/b8-6+,14-12+,26-18+,32-30+/t44-/m0/s1. The summed E-state index contributed by atoms with van der Waals surface area (Å²) in [6.07, 6.45) is 53.3. The molecule has 0 radical (unpaired) electrons. The highest BCUT2D eigenvalue weighted by molar-refractivity contribution is 5.70. The monoisotopic (exact) mass is 715 g/mol. The highest BCUT2D eigenvalue weighted by Gasteiger charge is 2.16. The molecule has 0 fully saturated rings. The number of ether oxygens (including phenoxy) is 2. The van der Waals surface area contributed by atoms with Crippen LogP contribution >= 0.6 is 0 Å². The van der Waals surface area contributed by atoms with Crippen LogP contribution in [0.2, 0.25) is 0 Å². The molecule has 0 bridgehead atoms. The van der Waals surface area contributed by atoms with Gasteiger partial charge in [0.1, 0.15) is 6.61 Å². The number of esters is 2. The van der Waals surface area contributed by atoms with Crippen LogP contribution in [0.4, 0.5) is 0 Å². The number of unbranched alkanes of at least 4 members (excludes halogenated alkanes) is 23. The molecule has 0 aromatic heterocycles. The van der Waals surface area contributed by atoms with E-state index in [0.29, 0.717) is 12.8 Å². The average molecular weight is 715 g/mol. The molecule has 0 aliphatic rings. The molecule has 0 aromatic rings. The Morgan fingerprint density at radius 3 is 1.27 bits per heavy atom. The topological polar surface area (TPSA) is 72.8 Å². The van der Waals surface area contributed by atoms with E-state index in [-0.39, 0.29) is 25.2 Å². The van der Waals surface area contributed by atoms with Crippen molar-refractivity contribution >= 4 is 11.9 Å². The molecule has 0 aromatic carbocycles. The highest BCUT2D eigenvalue weighted by atomic mass is 16.6. The second-order valence-corrected chi connectivity index (χ2v) is 14.4. The minimum atomic E-state index is -0.787. The fourth-order valence-electron chi connectivity index (χ4n) is 6.13. The van der Waals surface area contributed by atoms with E-state index in [9.17, 15) is 14.7 Å². The summed E-state index contributed by atoms with van der Waals surface area (Å²) in [5.41, 5.74) is 0. The average Bonchev–Trinajstić information content (AvgIpc) is 3.13. The van der Waals surface area contributed by atoms with E-state index in [1.165, 1.54) is 122 Å². The largest absolute Gasteiger partial charge is 0.462 e. The highest BCUT2D eigenvalue weighted by Crippen LogP contribution is 2.16. The molecular formula is C46H82O5. The third kappa shape index (κ3) is 40.5. The van der Waals surface area contributed by atoms with Gasteiger partial charge in [0, 0.05) is 12.8 Å². The van der Waals surface area contributed by atoms with Crippen LogP contribution in [0.1, 0.15) is 213 Å². The van der Waals surface area contributed by atoms with Gasteiger partial charge in [-0.15, -0.1) is 0 Å². The van der Waals surface area contributed by atoms with Gasteiger partial charge < -0.3 is 14.6 Å². The van der Waals surface area contributed by atoms with Gasteiger partial charge in [0.15, 0.2) is 6.10 Å². The predicted molar refractivity (Wildman–Crippen MR) is 219 cm³/mol. The van der Waals surface area contributed by atoms with Crippen LogP contribution in [0.3, 0.4) is 0 Å². The van der Waals surface area contributed by atoms with Gasteiger partial charge in [0.05, 0.1) is 6.61 Å². The summed E-state index contributed by atoms with van der Waals surface area (Å²) >= 11 is 0. The van der Waals surface area contributed by atoms with E-state index in [4.69, 9.17) is 9.47 Å². The second kappa shape index (κ2) is 42.3. The van der Waals surface area contributed by atoms with Gasteiger partial charge in [0.2, 0.25) is 0 Å². The lowest BCUT2D eigenvalue weighted by Gasteiger charge is -2.15. The molecule has 0 spiro atoms. The zero-order chi connectivity index (χ0) is 37.1. The number of allylic oxidation sites excluding steroid dienone is 8. The normalized spacial score (nSPS) is 12.6. The van der Waals surface area contributed by atoms with Gasteiger partial charge in [-0.2, -0.15) is 0 Å². The van der Waals surface area contributed by atoms with Crippen molar-refractivity contribution in [1.82, 2.24) is 0 Å². The number of carbonyl (C=O) groups excluding carboxylic acids is 2. The lowest BCUT2D eigenvalue weighted by molar-refractivity contribution is -0.161. The SMILES string of the molecule is CC/C=C/C/C=C/C/C=C/C/C=C/CCCCC(=O)OC[C@H](CO)OC(=O)CCCCCCCCCCCCCCCCCCCCCCCC. The molecule has 0 aliphatic carbocycles. The number of hydrogen-bond acceptors (Lipinski definition) is 5. The second-order valence-electron chi connectivity index (χ2n) is 14.4. The van der Waals surface area contributed by atoms with Crippen LogP contribution in [0.5, 0.6) is 0 Å². The molecule has 0 heterocycles. The summed E-state index contributed by atoms with van der Waals surface area (Å²) < 4.78 is 10.6. The van der Waals surface area contributed by atoms with Crippen LogP contribution in [0.25, 0.3) is 0 Å². The first kappa shape index (κ1) is 48.9. The maximum absolute atomic E-state index is 12.2. The first-order chi connectivity index (χ1) is 25.1. The first-order valence-electron chi connectivity index (χ1n) is 21.7. The maximum atomic E-state index is 12.2. The number of hydrogen-bond donors (Lipinski definition) is 1. The number of aliphatic hydroxyl groups excluding tert-OH is 1. The summed E-state index contributed by atoms with van der Waals surface area (Å²) in [5, 5.41) is 9.57. The Morgan fingerprint density at radius 1 is 0.471 bits per heavy atom. The fourth-order valence-corrected chi connectivity index (χ4v) is 6.13. The molecule has 5 heteroatoms. The van der Waals surface area contributed by atoms with Crippen molar-refractivity contribution in [3.05, 3.63) is 48.6 Å². The van der Waals surface area contributed by atoms with Crippen LogP contribution in [0.15, 0.2) is 48.6 Å². The molecule has 1 N–H and O–H groups in total. The molecule has 0 saturated carbocycles. The molecule has 0 saturated heterocycles. The van der Waals surface area contributed by atoms with E-state index < -0.39 is 6.10 Å². The van der Waals surface area contributed by atoms with Crippen molar-refractivity contribution in [2.45, 2.75) is 219 Å². The Hall–Kier alpha value is -2.14. The van der Waals surface area contributed by atoms with E-state index >= 15 is 0 Å². The molecule has 0 aliphatic heterocycles. The molecule has 1 atom stereocenters. The summed E-state index contributed by atoms with van der Waals surface area (Å²) in [6.45, 7) is 4.00. The van der Waals surface area contributed by atoms with E-state index in [2.05, 4.69) is 62.5 Å². The number of aliphatic hydroxyl groups is 1. The smallest absolute Gasteiger partial charge is 0.306 e. The van der Waals surface area contributed by atoms with Gasteiger partial charge >= 0.3 is 11.9 Å². The Bertz CT molecular complexity index is 858. The Morgan fingerprint density at radius 2 is 0.843 bits per heavy atom. The van der Waals surface area contributed by atoms with Crippen molar-refractivity contribution in [1.29, 1.82) is 0 Å². The molecule has 5 nitrogen and oxygen atoms in total. The summed E-state index contributed by atoms with van der Waals surface area (Å²) in [5.74, 6) is -0.634. The molecule has 51 heavy (non-hydrogen) atoms. The van der Waals surface area contributed by atoms with Crippen LogP contribution < -0.4 is 0 Å². The van der Waals surface area contributed by atoms with Crippen LogP contribution in [-0.2, 0) is 19.1 Å². The zero-order valence-corrected chi connectivity index (χ0v) is 33.6. The molecular weight excluding hydrogens is 633 g/mol. The van der Waals surface area contributed by atoms with Crippen molar-refractivity contribution in [2.75, 3.05) is 13.2 Å². The molecule has 0 amide bonds. The van der Waals surface area contributed by atoms with Crippen molar-refractivity contribution in [3.63, 3.8) is 0 Å². The fraction of sp³-hybridized carbons (Fsp3) is 0.783.